The van der Waals surface area contributed by atoms with Crippen molar-refractivity contribution in [1.29, 1.82) is 5.26 Å². The van der Waals surface area contributed by atoms with Crippen molar-refractivity contribution in [3.8, 4) is 6.07 Å². The van der Waals surface area contributed by atoms with E-state index in [1.54, 1.807) is 6.07 Å². The Kier molecular flexibility index (Phi) is 6.65. The molecule has 0 spiro atoms. The molecule has 1 aliphatic rings. The Morgan fingerprint density at radius 1 is 1.28 bits per heavy atom. The van der Waals surface area contributed by atoms with Crippen LogP contribution in [0.1, 0.15) is 67.3 Å². The van der Waals surface area contributed by atoms with Gasteiger partial charge in [-0.05, 0) is 43.9 Å². The highest BCUT2D eigenvalue weighted by molar-refractivity contribution is 6.32. The maximum absolute atomic E-state index is 12.4. The van der Waals surface area contributed by atoms with Gasteiger partial charge in [0.2, 0.25) is 0 Å². The van der Waals surface area contributed by atoms with Gasteiger partial charge < -0.3 is 10.2 Å². The molecule has 152 valence electrons. The van der Waals surface area contributed by atoms with Gasteiger partial charge in [-0.25, -0.2) is 4.98 Å². The molecule has 1 amide bonds. The molecule has 1 aliphatic carbocycles. The second kappa shape index (κ2) is 9.19. The Balaban J connectivity index is 1.54. The van der Waals surface area contributed by atoms with Crippen molar-refractivity contribution in [2.24, 2.45) is 0 Å². The second-order valence-electron chi connectivity index (χ2n) is 7.72. The Morgan fingerprint density at radius 3 is 2.55 bits per heavy atom. The third-order valence-electron chi connectivity index (χ3n) is 5.39. The predicted octanol–water partition coefficient (Wildman–Crippen LogP) is 3.70. The summed E-state index contributed by atoms with van der Waals surface area (Å²) in [5.41, 5.74) is 1.73. The Bertz CT molecular complexity index is 900. The van der Waals surface area contributed by atoms with E-state index in [0.717, 1.165) is 31.4 Å². The molecule has 1 aromatic carbocycles. The lowest BCUT2D eigenvalue weighted by molar-refractivity contribution is 0.0919. The minimum atomic E-state index is -0.226. The zero-order chi connectivity index (χ0) is 21.0. The van der Waals surface area contributed by atoms with Crippen molar-refractivity contribution < 1.29 is 4.79 Å². The lowest BCUT2D eigenvalue weighted by Gasteiger charge is -2.36. The van der Waals surface area contributed by atoms with Crippen molar-refractivity contribution in [2.45, 2.75) is 57.5 Å². The van der Waals surface area contributed by atoms with Crippen LogP contribution in [0.2, 0.25) is 5.02 Å². The number of rotatable bonds is 5. The molecular weight excluding hydrogens is 388 g/mol. The quantitative estimate of drug-likeness (QED) is 0.804. The molecule has 1 N–H and O–H groups in total. The molecule has 1 aromatic heterocycles. The molecule has 29 heavy (non-hydrogen) atoms. The number of aromatic nitrogens is 3. The van der Waals surface area contributed by atoms with Crippen molar-refractivity contribution in [3.63, 3.8) is 0 Å². The van der Waals surface area contributed by atoms with Crippen LogP contribution in [0.4, 0.5) is 5.69 Å². The fourth-order valence-electron chi connectivity index (χ4n) is 3.54. The molecule has 0 radical (unpaired) electrons. The van der Waals surface area contributed by atoms with Crippen LogP contribution in [0.25, 0.3) is 0 Å². The number of nitrogens with one attached hydrogen (secondary N) is 1. The summed E-state index contributed by atoms with van der Waals surface area (Å²) in [6.07, 6.45) is 5.17. The highest BCUT2D eigenvalue weighted by atomic mass is 35.5. The van der Waals surface area contributed by atoms with E-state index in [2.05, 4.69) is 31.5 Å². The summed E-state index contributed by atoms with van der Waals surface area (Å²) in [7, 11) is 2.04. The summed E-state index contributed by atoms with van der Waals surface area (Å²) in [6, 6.07) is 8.06. The minimum Gasteiger partial charge on any atom is -0.372 e. The standard InChI is InChI=1S/C21H25ClN6O/c1-13(2)20-24-12-19(26-27-20)21(29)25-15-5-8-16(9-6-15)28(3)17-7-4-14(11-23)18(22)10-17/h4,7,10,12-13,15-16H,5-6,8-9H2,1-3H3,(H,25,29). The van der Waals surface area contributed by atoms with E-state index in [4.69, 9.17) is 16.9 Å². The van der Waals surface area contributed by atoms with Gasteiger partial charge in [-0.1, -0.05) is 25.4 Å². The van der Waals surface area contributed by atoms with Gasteiger partial charge >= 0.3 is 0 Å². The van der Waals surface area contributed by atoms with Crippen LogP contribution in [0.5, 0.6) is 0 Å². The fourth-order valence-corrected chi connectivity index (χ4v) is 3.76. The van der Waals surface area contributed by atoms with Gasteiger partial charge in [-0.3, -0.25) is 4.79 Å². The van der Waals surface area contributed by atoms with Crippen LogP contribution in [0, 0.1) is 11.3 Å². The topological polar surface area (TPSA) is 94.8 Å². The third-order valence-corrected chi connectivity index (χ3v) is 5.70. The Morgan fingerprint density at radius 2 is 2.00 bits per heavy atom. The van der Waals surface area contributed by atoms with E-state index < -0.39 is 0 Å². The smallest absolute Gasteiger partial charge is 0.273 e. The number of carbonyl (C=O) groups excluding carboxylic acids is 1. The third kappa shape index (κ3) is 5.01. The lowest BCUT2D eigenvalue weighted by Crippen LogP contribution is -2.43. The Hall–Kier alpha value is -2.72. The summed E-state index contributed by atoms with van der Waals surface area (Å²) in [6.45, 7) is 3.97. The Labute approximate surface area is 176 Å². The maximum Gasteiger partial charge on any atom is 0.273 e. The van der Waals surface area contributed by atoms with E-state index in [1.807, 2.05) is 33.0 Å². The SMILES string of the molecule is CC(C)c1ncc(C(=O)NC2CCC(N(C)c3ccc(C#N)c(Cl)c3)CC2)nn1. The van der Waals surface area contributed by atoms with E-state index in [0.29, 0.717) is 22.5 Å². The molecule has 3 rings (SSSR count). The van der Waals surface area contributed by atoms with Crippen LogP contribution in [-0.4, -0.2) is 40.2 Å². The molecule has 1 fully saturated rings. The van der Waals surface area contributed by atoms with Gasteiger partial charge in [-0.15, -0.1) is 10.2 Å². The number of benzene rings is 1. The fraction of sp³-hybridized carbons (Fsp3) is 0.476. The number of carbonyl (C=O) groups is 1. The van der Waals surface area contributed by atoms with E-state index in [9.17, 15) is 4.79 Å². The van der Waals surface area contributed by atoms with Crippen molar-refractivity contribution >= 4 is 23.2 Å². The van der Waals surface area contributed by atoms with Crippen molar-refractivity contribution in [1.82, 2.24) is 20.5 Å². The van der Waals surface area contributed by atoms with E-state index in [-0.39, 0.29) is 23.6 Å². The molecule has 0 bridgehead atoms. The molecule has 1 saturated carbocycles. The van der Waals surface area contributed by atoms with Crippen LogP contribution in [0.15, 0.2) is 24.4 Å². The van der Waals surface area contributed by atoms with E-state index in [1.165, 1.54) is 6.20 Å². The van der Waals surface area contributed by atoms with Crippen LogP contribution in [-0.2, 0) is 0 Å². The molecular formula is C21H25ClN6O. The summed E-state index contributed by atoms with van der Waals surface area (Å²) in [5.74, 6) is 0.585. The first-order valence-electron chi connectivity index (χ1n) is 9.82. The number of hydrogen-bond donors (Lipinski definition) is 1. The summed E-state index contributed by atoms with van der Waals surface area (Å²) >= 11 is 6.17. The number of halogens is 1. The zero-order valence-electron chi connectivity index (χ0n) is 16.9. The molecule has 0 saturated heterocycles. The van der Waals surface area contributed by atoms with Gasteiger partial charge in [0.15, 0.2) is 11.5 Å². The number of nitriles is 1. The van der Waals surface area contributed by atoms with Gasteiger partial charge in [0.25, 0.3) is 5.91 Å². The molecule has 0 atom stereocenters. The average molecular weight is 413 g/mol. The molecule has 8 heteroatoms. The van der Waals surface area contributed by atoms with Crippen LogP contribution >= 0.6 is 11.6 Å². The second-order valence-corrected chi connectivity index (χ2v) is 8.13. The summed E-state index contributed by atoms with van der Waals surface area (Å²) < 4.78 is 0. The number of anilines is 1. The zero-order valence-corrected chi connectivity index (χ0v) is 17.6. The predicted molar refractivity (Wildman–Crippen MR) is 112 cm³/mol. The largest absolute Gasteiger partial charge is 0.372 e. The average Bonchev–Trinajstić information content (AvgIpc) is 2.73. The van der Waals surface area contributed by atoms with Gasteiger partial charge in [0.1, 0.15) is 6.07 Å². The first-order valence-corrected chi connectivity index (χ1v) is 10.2. The molecule has 1 heterocycles. The van der Waals surface area contributed by atoms with Crippen LogP contribution in [0.3, 0.4) is 0 Å². The number of nitrogens with zero attached hydrogens (tertiary/aromatic N) is 5. The molecule has 0 aliphatic heterocycles. The first-order chi connectivity index (χ1) is 13.9. The highest BCUT2D eigenvalue weighted by Crippen LogP contribution is 2.29. The number of amides is 1. The highest BCUT2D eigenvalue weighted by Gasteiger charge is 2.26. The van der Waals surface area contributed by atoms with Crippen molar-refractivity contribution in [3.05, 3.63) is 46.5 Å². The monoisotopic (exact) mass is 412 g/mol. The molecule has 7 nitrogen and oxygen atoms in total. The maximum atomic E-state index is 12.4. The lowest BCUT2D eigenvalue weighted by atomic mass is 9.90. The summed E-state index contributed by atoms with van der Waals surface area (Å²) in [4.78, 5) is 18.8. The molecule has 2 aromatic rings. The van der Waals surface area contributed by atoms with Gasteiger partial charge in [-0.2, -0.15) is 5.26 Å². The van der Waals surface area contributed by atoms with E-state index >= 15 is 0 Å². The summed E-state index contributed by atoms with van der Waals surface area (Å²) in [5, 5.41) is 20.6. The first kappa shape index (κ1) is 21.0. The van der Waals surface area contributed by atoms with Gasteiger partial charge in [0.05, 0.1) is 16.8 Å². The molecule has 0 unspecified atom stereocenters. The van der Waals surface area contributed by atoms with Gasteiger partial charge in [0, 0.05) is 30.7 Å². The normalized spacial score (nSPS) is 18.9. The number of hydrogen-bond acceptors (Lipinski definition) is 6. The van der Waals surface area contributed by atoms with Crippen molar-refractivity contribution in [2.75, 3.05) is 11.9 Å². The van der Waals surface area contributed by atoms with Crippen LogP contribution < -0.4 is 10.2 Å². The minimum absolute atomic E-state index is 0.114.